The van der Waals surface area contributed by atoms with Gasteiger partial charge in [-0.1, -0.05) is 13.3 Å². The molecule has 0 saturated heterocycles. The van der Waals surface area contributed by atoms with Crippen molar-refractivity contribution in [3.05, 3.63) is 0 Å². The Morgan fingerprint density at radius 1 is 1.14 bits per heavy atom. The third-order valence-corrected chi connectivity index (χ3v) is 3.90. The average molecular weight is 238 g/mol. The molecule has 0 rings (SSSR count). The van der Waals surface area contributed by atoms with E-state index in [0.29, 0.717) is 0 Å². The summed E-state index contributed by atoms with van der Waals surface area (Å²) in [7, 11) is 0. The number of aliphatic hydroxyl groups excluding tert-OH is 2. The van der Waals surface area contributed by atoms with Crippen LogP contribution in [-0.2, 0) is 0 Å². The molecule has 0 bridgehead atoms. The quantitative estimate of drug-likeness (QED) is 0.571. The maximum Gasteiger partial charge on any atom is 0.0630 e. The predicted molar refractivity (Wildman–Crippen MR) is 67.3 cm³/mol. The molecular weight excluding hydrogens is 216 g/mol. The summed E-state index contributed by atoms with van der Waals surface area (Å²) in [5, 5.41) is 18.1. The molecule has 0 saturated carbocycles. The van der Waals surface area contributed by atoms with Crippen LogP contribution in [0.1, 0.15) is 26.2 Å². The minimum absolute atomic E-state index is 0.122. The maximum absolute atomic E-state index is 9.52. The van der Waals surface area contributed by atoms with Gasteiger partial charge >= 0.3 is 0 Å². The van der Waals surface area contributed by atoms with Gasteiger partial charge in [-0.25, -0.2) is 0 Å². The third kappa shape index (κ3) is 10.7. The van der Waals surface area contributed by atoms with Crippen molar-refractivity contribution in [2.45, 2.75) is 32.3 Å². The molecule has 14 heavy (non-hydrogen) atoms. The highest BCUT2D eigenvalue weighted by Crippen LogP contribution is 2.10. The summed E-state index contributed by atoms with van der Waals surface area (Å²) in [5.41, 5.74) is 0. The normalized spacial score (nSPS) is 13.1. The SMILES string of the molecule is CCSCC(O)CCCCSCCO. The van der Waals surface area contributed by atoms with E-state index in [4.69, 9.17) is 5.11 Å². The molecule has 0 aliphatic carbocycles. The van der Waals surface area contributed by atoms with Gasteiger partial charge in [-0.15, -0.1) is 0 Å². The number of unbranched alkanes of at least 4 members (excludes halogenated alkanes) is 1. The molecule has 0 aliphatic rings. The largest absolute Gasteiger partial charge is 0.396 e. The van der Waals surface area contributed by atoms with E-state index in [0.717, 1.165) is 42.3 Å². The topological polar surface area (TPSA) is 40.5 Å². The molecule has 0 heterocycles. The molecule has 2 N–H and O–H groups in total. The van der Waals surface area contributed by atoms with Crippen LogP contribution in [0, 0.1) is 0 Å². The Balaban J connectivity index is 3.02. The minimum Gasteiger partial charge on any atom is -0.396 e. The van der Waals surface area contributed by atoms with Gasteiger partial charge in [0, 0.05) is 11.5 Å². The number of aliphatic hydroxyl groups is 2. The first-order valence-corrected chi connectivity index (χ1v) is 7.56. The van der Waals surface area contributed by atoms with Gasteiger partial charge in [0.1, 0.15) is 0 Å². The zero-order chi connectivity index (χ0) is 10.6. The van der Waals surface area contributed by atoms with Crippen molar-refractivity contribution in [2.75, 3.05) is 29.6 Å². The van der Waals surface area contributed by atoms with Crippen molar-refractivity contribution in [3.8, 4) is 0 Å². The lowest BCUT2D eigenvalue weighted by atomic mass is 10.2. The highest BCUT2D eigenvalue weighted by molar-refractivity contribution is 7.99. The summed E-state index contributed by atoms with van der Waals surface area (Å²) in [6, 6.07) is 0. The summed E-state index contributed by atoms with van der Waals surface area (Å²) in [5.74, 6) is 3.91. The smallest absolute Gasteiger partial charge is 0.0630 e. The second-order valence-electron chi connectivity index (χ2n) is 3.15. The second kappa shape index (κ2) is 11.7. The monoisotopic (exact) mass is 238 g/mol. The Morgan fingerprint density at radius 2 is 1.93 bits per heavy atom. The van der Waals surface area contributed by atoms with Crippen LogP contribution in [0.3, 0.4) is 0 Å². The summed E-state index contributed by atoms with van der Waals surface area (Å²) in [6.45, 7) is 2.39. The molecule has 0 amide bonds. The number of rotatable bonds is 10. The zero-order valence-corrected chi connectivity index (χ0v) is 10.6. The Kier molecular flexibility index (Phi) is 12.2. The van der Waals surface area contributed by atoms with E-state index >= 15 is 0 Å². The molecular formula is C10H22O2S2. The van der Waals surface area contributed by atoms with Crippen LogP contribution >= 0.6 is 23.5 Å². The lowest BCUT2D eigenvalue weighted by molar-refractivity contribution is 0.186. The van der Waals surface area contributed by atoms with Crippen molar-refractivity contribution in [2.24, 2.45) is 0 Å². The van der Waals surface area contributed by atoms with Crippen molar-refractivity contribution in [3.63, 3.8) is 0 Å². The van der Waals surface area contributed by atoms with Crippen LogP contribution in [0.2, 0.25) is 0 Å². The molecule has 0 aromatic carbocycles. The van der Waals surface area contributed by atoms with Crippen molar-refractivity contribution in [1.29, 1.82) is 0 Å². The maximum atomic E-state index is 9.52. The fraction of sp³-hybridized carbons (Fsp3) is 1.00. The van der Waals surface area contributed by atoms with E-state index in [1.807, 2.05) is 0 Å². The first-order valence-electron chi connectivity index (χ1n) is 5.25. The van der Waals surface area contributed by atoms with E-state index in [9.17, 15) is 5.11 Å². The Labute approximate surface area is 95.9 Å². The first-order chi connectivity index (χ1) is 6.81. The molecule has 0 aromatic heterocycles. The zero-order valence-electron chi connectivity index (χ0n) is 8.95. The molecule has 0 aromatic rings. The van der Waals surface area contributed by atoms with Gasteiger partial charge < -0.3 is 10.2 Å². The van der Waals surface area contributed by atoms with Crippen molar-refractivity contribution < 1.29 is 10.2 Å². The van der Waals surface area contributed by atoms with Gasteiger partial charge in [-0.2, -0.15) is 23.5 Å². The van der Waals surface area contributed by atoms with Crippen LogP contribution in [-0.4, -0.2) is 45.9 Å². The van der Waals surface area contributed by atoms with Gasteiger partial charge in [0.15, 0.2) is 0 Å². The fourth-order valence-corrected chi connectivity index (χ4v) is 2.50. The number of hydrogen-bond donors (Lipinski definition) is 2. The number of thioether (sulfide) groups is 2. The molecule has 0 aliphatic heterocycles. The van der Waals surface area contributed by atoms with E-state index < -0.39 is 0 Å². The van der Waals surface area contributed by atoms with E-state index in [1.54, 1.807) is 23.5 Å². The van der Waals surface area contributed by atoms with Crippen LogP contribution in [0.5, 0.6) is 0 Å². The van der Waals surface area contributed by atoms with Gasteiger partial charge in [0.05, 0.1) is 12.7 Å². The van der Waals surface area contributed by atoms with Crippen molar-refractivity contribution in [1.82, 2.24) is 0 Å². The van der Waals surface area contributed by atoms with E-state index in [2.05, 4.69) is 6.92 Å². The summed E-state index contributed by atoms with van der Waals surface area (Å²) in [4.78, 5) is 0. The fourth-order valence-electron chi connectivity index (χ4n) is 1.09. The predicted octanol–water partition coefficient (Wildman–Crippen LogP) is 2.00. The first kappa shape index (κ1) is 14.6. The lowest BCUT2D eigenvalue weighted by Crippen LogP contribution is -2.09. The van der Waals surface area contributed by atoms with E-state index in [-0.39, 0.29) is 12.7 Å². The van der Waals surface area contributed by atoms with E-state index in [1.165, 1.54) is 0 Å². The number of hydrogen-bond acceptors (Lipinski definition) is 4. The molecule has 1 unspecified atom stereocenters. The summed E-state index contributed by atoms with van der Waals surface area (Å²) >= 11 is 3.59. The molecule has 0 radical (unpaired) electrons. The minimum atomic E-state index is -0.122. The standard InChI is InChI=1S/C10H22O2S2/c1-2-13-9-10(12)5-3-4-7-14-8-6-11/h10-12H,2-9H2,1H3. The third-order valence-electron chi connectivity index (χ3n) is 1.83. The molecule has 4 heteroatoms. The Morgan fingerprint density at radius 3 is 2.57 bits per heavy atom. The average Bonchev–Trinajstić information content (AvgIpc) is 2.20. The van der Waals surface area contributed by atoms with Crippen LogP contribution in [0.4, 0.5) is 0 Å². The summed E-state index contributed by atoms with van der Waals surface area (Å²) in [6.07, 6.45) is 3.05. The van der Waals surface area contributed by atoms with Crippen molar-refractivity contribution >= 4 is 23.5 Å². The lowest BCUT2D eigenvalue weighted by Gasteiger charge is -2.08. The molecule has 2 nitrogen and oxygen atoms in total. The molecule has 1 atom stereocenters. The highest BCUT2D eigenvalue weighted by atomic mass is 32.2. The molecule has 0 fully saturated rings. The Hall–Kier alpha value is 0.620. The van der Waals surface area contributed by atoms with Gasteiger partial charge in [-0.05, 0) is 24.3 Å². The molecule has 0 spiro atoms. The van der Waals surface area contributed by atoms with Crippen LogP contribution in [0.15, 0.2) is 0 Å². The second-order valence-corrected chi connectivity index (χ2v) is 5.69. The van der Waals surface area contributed by atoms with Gasteiger partial charge in [0.25, 0.3) is 0 Å². The van der Waals surface area contributed by atoms with Crippen LogP contribution < -0.4 is 0 Å². The van der Waals surface area contributed by atoms with Gasteiger partial charge in [0.2, 0.25) is 0 Å². The summed E-state index contributed by atoms with van der Waals surface area (Å²) < 4.78 is 0. The Bertz CT molecular complexity index is 112. The van der Waals surface area contributed by atoms with Crippen LogP contribution in [0.25, 0.3) is 0 Å². The van der Waals surface area contributed by atoms with Gasteiger partial charge in [-0.3, -0.25) is 0 Å². The highest BCUT2D eigenvalue weighted by Gasteiger charge is 2.02. The molecule has 86 valence electrons.